The predicted octanol–water partition coefficient (Wildman–Crippen LogP) is 0.577. The van der Waals surface area contributed by atoms with E-state index in [1.807, 2.05) is 12.1 Å². The van der Waals surface area contributed by atoms with E-state index in [1.54, 1.807) is 24.0 Å². The van der Waals surface area contributed by atoms with E-state index in [4.69, 9.17) is 4.74 Å². The Labute approximate surface area is 123 Å². The molecule has 8 heteroatoms. The van der Waals surface area contributed by atoms with E-state index >= 15 is 0 Å². The number of rotatable bonds is 3. The summed E-state index contributed by atoms with van der Waals surface area (Å²) < 4.78 is 33.8. The largest absolute Gasteiger partial charge is 0.371 e. The number of morpholine rings is 1. The zero-order valence-electron chi connectivity index (χ0n) is 11.6. The number of nitrogens with zero attached hydrogens (tertiary/aromatic N) is 4. The van der Waals surface area contributed by atoms with Crippen molar-refractivity contribution in [3.8, 4) is 0 Å². The molecule has 0 aromatic carbocycles. The molecule has 1 unspecified atom stereocenters. The second kappa shape index (κ2) is 5.55. The SMILES string of the molecule is Cn1cnc(S(=O)(=O)N2CCOC(c3ccncc3)C2)c1. The van der Waals surface area contributed by atoms with Crippen LogP contribution in [0.15, 0.2) is 42.1 Å². The van der Waals surface area contributed by atoms with Gasteiger partial charge in [0.15, 0.2) is 5.03 Å². The van der Waals surface area contributed by atoms with Gasteiger partial charge in [-0.15, -0.1) is 0 Å². The Morgan fingerprint density at radius 3 is 2.76 bits per heavy atom. The van der Waals surface area contributed by atoms with Crippen molar-refractivity contribution in [3.05, 3.63) is 42.6 Å². The lowest BCUT2D eigenvalue weighted by atomic mass is 10.1. The fourth-order valence-electron chi connectivity index (χ4n) is 2.28. The average molecular weight is 308 g/mol. The van der Waals surface area contributed by atoms with E-state index in [-0.39, 0.29) is 17.7 Å². The van der Waals surface area contributed by atoms with Crippen molar-refractivity contribution in [2.75, 3.05) is 19.7 Å². The van der Waals surface area contributed by atoms with Crippen molar-refractivity contribution < 1.29 is 13.2 Å². The normalized spacial score (nSPS) is 20.5. The monoisotopic (exact) mass is 308 g/mol. The molecule has 1 saturated heterocycles. The molecule has 3 heterocycles. The molecule has 1 aliphatic rings. The smallest absolute Gasteiger partial charge is 0.262 e. The highest BCUT2D eigenvalue weighted by atomic mass is 32.2. The molecule has 3 rings (SSSR count). The second-order valence-electron chi connectivity index (χ2n) is 4.88. The van der Waals surface area contributed by atoms with Crippen LogP contribution in [-0.2, 0) is 21.8 Å². The van der Waals surface area contributed by atoms with E-state index in [2.05, 4.69) is 9.97 Å². The zero-order chi connectivity index (χ0) is 14.9. The lowest BCUT2D eigenvalue weighted by Crippen LogP contribution is -2.42. The van der Waals surface area contributed by atoms with E-state index < -0.39 is 10.0 Å². The highest BCUT2D eigenvalue weighted by Crippen LogP contribution is 2.25. The van der Waals surface area contributed by atoms with Crippen LogP contribution in [0.1, 0.15) is 11.7 Å². The highest BCUT2D eigenvalue weighted by Gasteiger charge is 2.32. The summed E-state index contributed by atoms with van der Waals surface area (Å²) in [7, 11) is -1.84. The summed E-state index contributed by atoms with van der Waals surface area (Å²) >= 11 is 0. The standard InChI is InChI=1S/C13H16N4O3S/c1-16-9-13(15-10-16)21(18,19)17-6-7-20-12(8-17)11-2-4-14-5-3-11/h2-5,9-10,12H,6-8H2,1H3. The maximum atomic E-state index is 12.6. The predicted molar refractivity (Wildman–Crippen MR) is 74.9 cm³/mol. The number of aryl methyl sites for hydroxylation is 1. The van der Waals surface area contributed by atoms with Crippen molar-refractivity contribution in [1.82, 2.24) is 18.8 Å². The Kier molecular flexibility index (Phi) is 3.75. The van der Waals surface area contributed by atoms with Gasteiger partial charge in [-0.05, 0) is 17.7 Å². The maximum Gasteiger partial charge on any atom is 0.262 e. The average Bonchev–Trinajstić information content (AvgIpc) is 2.96. The van der Waals surface area contributed by atoms with E-state index in [0.717, 1.165) is 5.56 Å². The minimum absolute atomic E-state index is 0.0698. The van der Waals surface area contributed by atoms with Gasteiger partial charge in [0.1, 0.15) is 0 Å². The summed E-state index contributed by atoms with van der Waals surface area (Å²) in [4.78, 5) is 7.90. The first-order chi connectivity index (χ1) is 10.1. The van der Waals surface area contributed by atoms with Crippen LogP contribution in [0.4, 0.5) is 0 Å². The maximum absolute atomic E-state index is 12.6. The third-order valence-corrected chi connectivity index (χ3v) is 5.14. The molecule has 0 N–H and O–H groups in total. The molecule has 0 radical (unpaired) electrons. The van der Waals surface area contributed by atoms with Gasteiger partial charge in [-0.1, -0.05) is 0 Å². The molecule has 0 bridgehead atoms. The van der Waals surface area contributed by atoms with Crippen LogP contribution in [0.25, 0.3) is 0 Å². The van der Waals surface area contributed by atoms with Crippen molar-refractivity contribution >= 4 is 10.0 Å². The summed E-state index contributed by atoms with van der Waals surface area (Å²) in [6.45, 7) is 0.975. The molecule has 2 aromatic rings. The topological polar surface area (TPSA) is 77.3 Å². The van der Waals surface area contributed by atoms with Gasteiger partial charge < -0.3 is 9.30 Å². The molecule has 1 atom stereocenters. The van der Waals surface area contributed by atoms with Gasteiger partial charge in [0.25, 0.3) is 10.0 Å². The number of aromatic nitrogens is 3. The number of pyridine rings is 1. The minimum atomic E-state index is -3.58. The molecule has 7 nitrogen and oxygen atoms in total. The molecule has 1 fully saturated rings. The molecule has 21 heavy (non-hydrogen) atoms. The van der Waals surface area contributed by atoms with Gasteiger partial charge in [0.2, 0.25) is 0 Å². The van der Waals surface area contributed by atoms with Crippen LogP contribution in [0, 0.1) is 0 Å². The number of sulfonamides is 1. The van der Waals surface area contributed by atoms with Crippen molar-refractivity contribution in [2.45, 2.75) is 11.1 Å². The number of hydrogen-bond acceptors (Lipinski definition) is 5. The van der Waals surface area contributed by atoms with Gasteiger partial charge >= 0.3 is 0 Å². The summed E-state index contributed by atoms with van der Waals surface area (Å²) in [6.07, 6.45) is 6.05. The first kappa shape index (κ1) is 14.2. The molecular weight excluding hydrogens is 292 g/mol. The first-order valence-electron chi connectivity index (χ1n) is 6.57. The Morgan fingerprint density at radius 2 is 2.10 bits per heavy atom. The summed E-state index contributed by atoms with van der Waals surface area (Å²) in [6, 6.07) is 3.67. The second-order valence-corrected chi connectivity index (χ2v) is 6.77. The fraction of sp³-hybridized carbons (Fsp3) is 0.385. The van der Waals surface area contributed by atoms with E-state index in [0.29, 0.717) is 13.2 Å². The third-order valence-electron chi connectivity index (χ3n) is 3.39. The van der Waals surface area contributed by atoms with Gasteiger partial charge in [0, 0.05) is 38.7 Å². The molecular formula is C13H16N4O3S. The molecule has 112 valence electrons. The highest BCUT2D eigenvalue weighted by molar-refractivity contribution is 7.89. The van der Waals surface area contributed by atoms with Crippen molar-refractivity contribution in [1.29, 1.82) is 0 Å². The third kappa shape index (κ3) is 2.82. The fourth-order valence-corrected chi connectivity index (χ4v) is 3.67. The lowest BCUT2D eigenvalue weighted by Gasteiger charge is -2.31. The van der Waals surface area contributed by atoms with Crippen LogP contribution >= 0.6 is 0 Å². The van der Waals surface area contributed by atoms with Crippen LogP contribution in [0.5, 0.6) is 0 Å². The van der Waals surface area contributed by atoms with Gasteiger partial charge in [-0.2, -0.15) is 4.31 Å². The molecule has 0 spiro atoms. The van der Waals surface area contributed by atoms with Gasteiger partial charge in [-0.25, -0.2) is 13.4 Å². The van der Waals surface area contributed by atoms with Crippen LogP contribution < -0.4 is 0 Å². The summed E-state index contributed by atoms with van der Waals surface area (Å²) in [5, 5.41) is 0.0698. The Bertz CT molecular complexity index is 714. The van der Waals surface area contributed by atoms with E-state index in [9.17, 15) is 8.42 Å². The van der Waals surface area contributed by atoms with Crippen molar-refractivity contribution in [2.24, 2.45) is 7.05 Å². The van der Waals surface area contributed by atoms with Crippen molar-refractivity contribution in [3.63, 3.8) is 0 Å². The Balaban J connectivity index is 1.83. The van der Waals surface area contributed by atoms with Crippen LogP contribution in [0.3, 0.4) is 0 Å². The Hall–Kier alpha value is -1.77. The number of ether oxygens (including phenoxy) is 1. The quantitative estimate of drug-likeness (QED) is 0.829. The minimum Gasteiger partial charge on any atom is -0.371 e. The zero-order valence-corrected chi connectivity index (χ0v) is 12.4. The first-order valence-corrected chi connectivity index (χ1v) is 8.01. The molecule has 1 aliphatic heterocycles. The molecule has 2 aromatic heterocycles. The number of hydrogen-bond donors (Lipinski definition) is 0. The van der Waals surface area contributed by atoms with Crippen LogP contribution in [-0.4, -0.2) is 47.0 Å². The van der Waals surface area contributed by atoms with E-state index in [1.165, 1.54) is 16.8 Å². The van der Waals surface area contributed by atoms with Crippen LogP contribution in [0.2, 0.25) is 0 Å². The lowest BCUT2D eigenvalue weighted by molar-refractivity contribution is -0.00266. The Morgan fingerprint density at radius 1 is 1.33 bits per heavy atom. The summed E-state index contributed by atoms with van der Waals surface area (Å²) in [5.74, 6) is 0. The molecule has 0 aliphatic carbocycles. The van der Waals surface area contributed by atoms with Gasteiger partial charge in [-0.3, -0.25) is 4.98 Å². The molecule has 0 saturated carbocycles. The number of imidazole rings is 1. The van der Waals surface area contributed by atoms with Gasteiger partial charge in [0.05, 0.1) is 19.0 Å². The summed E-state index contributed by atoms with van der Waals surface area (Å²) in [5.41, 5.74) is 0.922. The molecule has 0 amide bonds.